The van der Waals surface area contributed by atoms with Gasteiger partial charge in [-0.05, 0) is 26.8 Å². The second-order valence-corrected chi connectivity index (χ2v) is 6.13. The molecular weight excluding hydrogens is 270 g/mol. The van der Waals surface area contributed by atoms with Crippen molar-refractivity contribution in [2.75, 3.05) is 13.1 Å². The largest absolute Gasteiger partial charge is 0.472 e. The summed E-state index contributed by atoms with van der Waals surface area (Å²) >= 11 is 0. The average Bonchev–Trinajstić information content (AvgIpc) is 2.86. The number of carbonyl (C=O) groups is 1. The Kier molecular flexibility index (Phi) is 4.67. The monoisotopic (exact) mass is 293 g/mol. The van der Waals surface area contributed by atoms with Gasteiger partial charge in [0.25, 0.3) is 0 Å². The lowest BCUT2D eigenvalue weighted by Crippen LogP contribution is -2.36. The summed E-state index contributed by atoms with van der Waals surface area (Å²) in [6, 6.07) is 3.72. The Morgan fingerprint density at radius 2 is 2.29 bits per heavy atom. The average molecular weight is 293 g/mol. The van der Waals surface area contributed by atoms with E-state index in [0.29, 0.717) is 25.5 Å². The summed E-state index contributed by atoms with van der Waals surface area (Å²) in [7, 11) is 0. The number of likely N-dealkylation sites (tertiary alicyclic amines) is 1. The molecule has 1 aliphatic rings. The SMILES string of the molecule is CC(C)(C)OC(=O)N1CCC(Oc2ncccc2CN)C1. The molecule has 21 heavy (non-hydrogen) atoms. The summed E-state index contributed by atoms with van der Waals surface area (Å²) < 4.78 is 11.2. The van der Waals surface area contributed by atoms with Gasteiger partial charge in [0.15, 0.2) is 0 Å². The number of aromatic nitrogens is 1. The highest BCUT2D eigenvalue weighted by atomic mass is 16.6. The van der Waals surface area contributed by atoms with E-state index in [1.807, 2.05) is 32.9 Å². The van der Waals surface area contributed by atoms with Crippen LogP contribution in [0.5, 0.6) is 5.88 Å². The fourth-order valence-corrected chi connectivity index (χ4v) is 2.16. The van der Waals surface area contributed by atoms with Crippen LogP contribution >= 0.6 is 0 Å². The molecule has 2 heterocycles. The number of hydrogen-bond donors (Lipinski definition) is 1. The van der Waals surface area contributed by atoms with Crippen LogP contribution in [0.1, 0.15) is 32.8 Å². The molecule has 0 spiro atoms. The first kappa shape index (κ1) is 15.6. The number of amides is 1. The lowest BCUT2D eigenvalue weighted by Gasteiger charge is -2.24. The molecule has 1 aliphatic heterocycles. The van der Waals surface area contributed by atoms with E-state index in [2.05, 4.69) is 4.98 Å². The second-order valence-electron chi connectivity index (χ2n) is 6.13. The minimum atomic E-state index is -0.482. The van der Waals surface area contributed by atoms with Crippen molar-refractivity contribution in [1.29, 1.82) is 0 Å². The van der Waals surface area contributed by atoms with Crippen molar-refractivity contribution in [2.45, 2.75) is 45.4 Å². The van der Waals surface area contributed by atoms with Gasteiger partial charge in [0.05, 0.1) is 6.54 Å². The van der Waals surface area contributed by atoms with Gasteiger partial charge in [-0.15, -0.1) is 0 Å². The van der Waals surface area contributed by atoms with Crippen molar-refractivity contribution < 1.29 is 14.3 Å². The fraction of sp³-hybridized carbons (Fsp3) is 0.600. The zero-order chi connectivity index (χ0) is 15.5. The Balaban J connectivity index is 1.92. The Bertz CT molecular complexity index is 499. The second kappa shape index (κ2) is 6.30. The molecule has 1 atom stereocenters. The molecule has 1 aromatic heterocycles. The Morgan fingerprint density at radius 1 is 1.52 bits per heavy atom. The third-order valence-corrected chi connectivity index (χ3v) is 3.14. The maximum Gasteiger partial charge on any atom is 0.410 e. The summed E-state index contributed by atoms with van der Waals surface area (Å²) in [6.45, 7) is 7.09. The van der Waals surface area contributed by atoms with Crippen LogP contribution in [-0.2, 0) is 11.3 Å². The fourth-order valence-electron chi connectivity index (χ4n) is 2.16. The number of rotatable bonds is 3. The number of hydrogen-bond acceptors (Lipinski definition) is 5. The van der Waals surface area contributed by atoms with Crippen LogP contribution in [0.3, 0.4) is 0 Å². The number of ether oxygens (including phenoxy) is 2. The summed E-state index contributed by atoms with van der Waals surface area (Å²) in [5.41, 5.74) is 6.05. The molecule has 1 saturated heterocycles. The molecule has 1 unspecified atom stereocenters. The molecule has 0 radical (unpaired) electrons. The van der Waals surface area contributed by atoms with Crippen LogP contribution < -0.4 is 10.5 Å². The number of nitrogens with two attached hydrogens (primary N) is 1. The highest BCUT2D eigenvalue weighted by molar-refractivity contribution is 5.68. The summed E-state index contributed by atoms with van der Waals surface area (Å²) in [4.78, 5) is 17.9. The van der Waals surface area contributed by atoms with Gasteiger partial charge >= 0.3 is 6.09 Å². The van der Waals surface area contributed by atoms with Crippen LogP contribution in [0.15, 0.2) is 18.3 Å². The van der Waals surface area contributed by atoms with E-state index in [9.17, 15) is 4.79 Å². The Hall–Kier alpha value is -1.82. The van der Waals surface area contributed by atoms with E-state index in [1.54, 1.807) is 11.1 Å². The van der Waals surface area contributed by atoms with Crippen molar-refractivity contribution in [1.82, 2.24) is 9.88 Å². The van der Waals surface area contributed by atoms with E-state index >= 15 is 0 Å². The highest BCUT2D eigenvalue weighted by Crippen LogP contribution is 2.21. The Morgan fingerprint density at radius 3 is 2.95 bits per heavy atom. The zero-order valence-corrected chi connectivity index (χ0v) is 12.8. The van der Waals surface area contributed by atoms with Gasteiger partial charge in [0, 0.05) is 31.3 Å². The van der Waals surface area contributed by atoms with E-state index in [4.69, 9.17) is 15.2 Å². The molecule has 1 amide bonds. The van der Waals surface area contributed by atoms with Gasteiger partial charge in [0.2, 0.25) is 5.88 Å². The van der Waals surface area contributed by atoms with Crippen LogP contribution in [0.2, 0.25) is 0 Å². The molecule has 6 nitrogen and oxygen atoms in total. The van der Waals surface area contributed by atoms with Gasteiger partial charge < -0.3 is 20.1 Å². The topological polar surface area (TPSA) is 77.7 Å². The number of carbonyl (C=O) groups excluding carboxylic acids is 1. The van der Waals surface area contributed by atoms with Gasteiger partial charge in [-0.2, -0.15) is 0 Å². The first-order valence-electron chi connectivity index (χ1n) is 7.17. The van der Waals surface area contributed by atoms with Gasteiger partial charge in [-0.25, -0.2) is 9.78 Å². The van der Waals surface area contributed by atoms with Gasteiger partial charge in [-0.1, -0.05) is 6.07 Å². The van der Waals surface area contributed by atoms with Crippen LogP contribution in [0.25, 0.3) is 0 Å². The molecule has 6 heteroatoms. The van der Waals surface area contributed by atoms with Crippen molar-refractivity contribution in [3.8, 4) is 5.88 Å². The van der Waals surface area contributed by atoms with Crippen LogP contribution in [0.4, 0.5) is 4.79 Å². The van der Waals surface area contributed by atoms with E-state index in [0.717, 1.165) is 12.0 Å². The first-order valence-corrected chi connectivity index (χ1v) is 7.17. The first-order chi connectivity index (χ1) is 9.89. The maximum absolute atomic E-state index is 12.0. The van der Waals surface area contributed by atoms with Gasteiger partial charge in [0.1, 0.15) is 11.7 Å². The van der Waals surface area contributed by atoms with Crippen LogP contribution in [0, 0.1) is 0 Å². The zero-order valence-electron chi connectivity index (χ0n) is 12.8. The van der Waals surface area contributed by atoms with Crippen molar-refractivity contribution in [2.24, 2.45) is 5.73 Å². The molecule has 0 saturated carbocycles. The lowest BCUT2D eigenvalue weighted by atomic mass is 10.2. The normalized spacial score (nSPS) is 18.7. The maximum atomic E-state index is 12.0. The smallest absolute Gasteiger partial charge is 0.410 e. The standard InChI is InChI=1S/C15H23N3O3/c1-15(2,3)21-14(19)18-8-6-12(10-18)20-13-11(9-16)5-4-7-17-13/h4-5,7,12H,6,8-10,16H2,1-3H3. The predicted molar refractivity (Wildman–Crippen MR) is 79.0 cm³/mol. The summed E-state index contributed by atoms with van der Waals surface area (Å²) in [5.74, 6) is 0.552. The molecule has 0 bridgehead atoms. The molecule has 0 aromatic carbocycles. The minimum Gasteiger partial charge on any atom is -0.472 e. The Labute approximate surface area is 125 Å². The quantitative estimate of drug-likeness (QED) is 0.921. The van der Waals surface area contributed by atoms with E-state index < -0.39 is 5.60 Å². The highest BCUT2D eigenvalue weighted by Gasteiger charge is 2.31. The van der Waals surface area contributed by atoms with E-state index in [-0.39, 0.29) is 12.2 Å². The molecule has 0 aliphatic carbocycles. The summed E-state index contributed by atoms with van der Waals surface area (Å²) in [5, 5.41) is 0. The number of pyridine rings is 1. The molecular formula is C15H23N3O3. The molecule has 2 N–H and O–H groups in total. The van der Waals surface area contributed by atoms with Gasteiger partial charge in [-0.3, -0.25) is 0 Å². The third-order valence-electron chi connectivity index (χ3n) is 3.14. The van der Waals surface area contributed by atoms with Crippen molar-refractivity contribution in [3.05, 3.63) is 23.9 Å². The lowest BCUT2D eigenvalue weighted by molar-refractivity contribution is 0.0274. The molecule has 116 valence electrons. The van der Waals surface area contributed by atoms with Crippen molar-refractivity contribution in [3.63, 3.8) is 0 Å². The molecule has 2 rings (SSSR count). The third kappa shape index (κ3) is 4.32. The number of nitrogens with zero attached hydrogens (tertiary/aromatic N) is 2. The van der Waals surface area contributed by atoms with Crippen LogP contribution in [-0.4, -0.2) is 40.8 Å². The minimum absolute atomic E-state index is 0.0716. The molecule has 1 aromatic rings. The van der Waals surface area contributed by atoms with Crippen molar-refractivity contribution >= 4 is 6.09 Å². The molecule has 1 fully saturated rings. The summed E-state index contributed by atoms with van der Waals surface area (Å²) in [6.07, 6.45) is 2.07. The predicted octanol–water partition coefficient (Wildman–Crippen LogP) is 1.93. The van der Waals surface area contributed by atoms with E-state index in [1.165, 1.54) is 0 Å².